The Morgan fingerprint density at radius 2 is 1.77 bits per heavy atom. The molecule has 2 atom stereocenters. The Labute approximate surface area is 253 Å². The van der Waals surface area contributed by atoms with Crippen molar-refractivity contribution in [2.75, 3.05) is 13.1 Å². The van der Waals surface area contributed by atoms with Crippen molar-refractivity contribution in [3.63, 3.8) is 0 Å². The lowest BCUT2D eigenvalue weighted by atomic mass is 9.85. The summed E-state index contributed by atoms with van der Waals surface area (Å²) in [5.41, 5.74) is 2.49. The third-order valence-corrected chi connectivity index (χ3v) is 8.60. The molecule has 1 fully saturated rings. The lowest BCUT2D eigenvalue weighted by Gasteiger charge is -2.28. The number of aryl methyl sites for hydroxylation is 1. The molecule has 0 spiro atoms. The van der Waals surface area contributed by atoms with Crippen LogP contribution >= 0.6 is 0 Å². The third kappa shape index (κ3) is 7.50. The van der Waals surface area contributed by atoms with Crippen LogP contribution < -0.4 is 10.6 Å². The second-order valence-electron chi connectivity index (χ2n) is 12.2. The zero-order chi connectivity index (χ0) is 30.3. The van der Waals surface area contributed by atoms with Crippen LogP contribution in [-0.4, -0.2) is 66.7 Å². The lowest BCUT2D eigenvalue weighted by Crippen LogP contribution is -2.50. The number of hydrogen-bond acceptors (Lipinski definition) is 6. The van der Waals surface area contributed by atoms with Gasteiger partial charge in [0.25, 0.3) is 5.91 Å². The monoisotopic (exact) mass is 588 g/mol. The topological polar surface area (TPSA) is 138 Å². The zero-order valence-electron chi connectivity index (χ0n) is 25.5. The average molecular weight is 589 g/mol. The molecule has 1 unspecified atom stereocenters. The molecule has 1 aliphatic heterocycles. The summed E-state index contributed by atoms with van der Waals surface area (Å²) in [7, 11) is 0. The summed E-state index contributed by atoms with van der Waals surface area (Å²) in [5.74, 6) is 0.994. The SMILES string of the molecule is Cc1nc2n(n1)CCN(C(=O)c1cn[nH]c1C1CCCCC1)CCCC(=O)N[C@@H](Cc1ccccc1)C(=O)NC2C(C)C. The van der Waals surface area contributed by atoms with Crippen molar-refractivity contribution in [2.45, 2.75) is 96.7 Å². The van der Waals surface area contributed by atoms with Gasteiger partial charge in [-0.3, -0.25) is 19.5 Å². The highest BCUT2D eigenvalue weighted by Crippen LogP contribution is 2.33. The average Bonchev–Trinajstić information content (AvgIpc) is 3.64. The van der Waals surface area contributed by atoms with Crippen LogP contribution in [0.1, 0.15) is 104 Å². The van der Waals surface area contributed by atoms with Crippen molar-refractivity contribution < 1.29 is 14.4 Å². The second-order valence-corrected chi connectivity index (χ2v) is 12.2. The molecule has 11 nitrogen and oxygen atoms in total. The van der Waals surface area contributed by atoms with Gasteiger partial charge in [-0.15, -0.1) is 0 Å². The Morgan fingerprint density at radius 1 is 1.00 bits per heavy atom. The molecule has 3 amide bonds. The molecule has 0 radical (unpaired) electrons. The Kier molecular flexibility index (Phi) is 9.89. The smallest absolute Gasteiger partial charge is 0.257 e. The van der Waals surface area contributed by atoms with E-state index in [4.69, 9.17) is 4.98 Å². The van der Waals surface area contributed by atoms with Crippen LogP contribution in [0.4, 0.5) is 0 Å². The van der Waals surface area contributed by atoms with Gasteiger partial charge in [0.1, 0.15) is 17.7 Å². The molecule has 3 N–H and O–H groups in total. The maximum absolute atomic E-state index is 14.0. The zero-order valence-corrected chi connectivity index (χ0v) is 25.5. The summed E-state index contributed by atoms with van der Waals surface area (Å²) < 4.78 is 1.81. The van der Waals surface area contributed by atoms with Crippen LogP contribution in [-0.2, 0) is 22.6 Å². The normalized spacial score (nSPS) is 21.2. The van der Waals surface area contributed by atoms with Gasteiger partial charge in [-0.05, 0) is 37.7 Å². The van der Waals surface area contributed by atoms with Crippen molar-refractivity contribution in [2.24, 2.45) is 5.92 Å². The predicted molar refractivity (Wildman–Crippen MR) is 162 cm³/mol. The minimum absolute atomic E-state index is 0.00833. The van der Waals surface area contributed by atoms with Crippen LogP contribution in [0.2, 0.25) is 0 Å². The first-order valence-corrected chi connectivity index (χ1v) is 15.7. The first-order chi connectivity index (χ1) is 20.8. The Morgan fingerprint density at radius 3 is 2.51 bits per heavy atom. The van der Waals surface area contributed by atoms with E-state index >= 15 is 0 Å². The van der Waals surface area contributed by atoms with Crippen molar-refractivity contribution >= 4 is 17.7 Å². The summed E-state index contributed by atoms with van der Waals surface area (Å²) in [6.07, 6.45) is 8.32. The maximum atomic E-state index is 14.0. The number of H-pyrrole nitrogens is 1. The van der Waals surface area contributed by atoms with Gasteiger partial charge in [-0.1, -0.05) is 63.4 Å². The van der Waals surface area contributed by atoms with Crippen LogP contribution in [0.25, 0.3) is 0 Å². The van der Waals surface area contributed by atoms with Crippen molar-refractivity contribution in [1.82, 2.24) is 40.5 Å². The first-order valence-electron chi connectivity index (χ1n) is 15.7. The fourth-order valence-electron chi connectivity index (χ4n) is 6.28. The summed E-state index contributed by atoms with van der Waals surface area (Å²) in [6, 6.07) is 8.49. The van der Waals surface area contributed by atoms with E-state index in [0.717, 1.165) is 36.9 Å². The number of carbonyl (C=O) groups is 3. The number of rotatable bonds is 5. The fraction of sp³-hybridized carbons (Fsp3) is 0.562. The summed E-state index contributed by atoms with van der Waals surface area (Å²) in [6.45, 7) is 7.08. The van der Waals surface area contributed by atoms with E-state index < -0.39 is 12.1 Å². The molecule has 1 aromatic carbocycles. The quantitative estimate of drug-likeness (QED) is 0.414. The Bertz CT molecular complexity index is 1390. The van der Waals surface area contributed by atoms with Gasteiger partial charge in [0.2, 0.25) is 11.8 Å². The Hall–Kier alpha value is -4.02. The van der Waals surface area contributed by atoms with E-state index in [-0.39, 0.29) is 30.1 Å². The molecule has 0 saturated heterocycles. The molecule has 1 saturated carbocycles. The molecule has 3 aromatic rings. The summed E-state index contributed by atoms with van der Waals surface area (Å²) in [4.78, 5) is 47.3. The number of nitrogens with zero attached hydrogens (tertiary/aromatic N) is 5. The van der Waals surface area contributed by atoms with E-state index in [1.807, 2.05) is 55.8 Å². The highest BCUT2D eigenvalue weighted by molar-refractivity contribution is 5.95. The number of hydrogen-bond donors (Lipinski definition) is 3. The number of benzene rings is 1. The number of carbonyl (C=O) groups excluding carboxylic acids is 3. The second kappa shape index (κ2) is 14.0. The highest BCUT2D eigenvalue weighted by atomic mass is 16.2. The molecular formula is C32H44N8O3. The number of aromatic nitrogens is 5. The number of nitrogens with one attached hydrogen (secondary N) is 3. The maximum Gasteiger partial charge on any atom is 0.257 e. The minimum Gasteiger partial charge on any atom is -0.344 e. The molecule has 230 valence electrons. The van der Waals surface area contributed by atoms with Crippen LogP contribution in [0.5, 0.6) is 0 Å². The molecular weight excluding hydrogens is 544 g/mol. The van der Waals surface area contributed by atoms with Gasteiger partial charge < -0.3 is 15.5 Å². The van der Waals surface area contributed by atoms with E-state index in [0.29, 0.717) is 55.6 Å². The van der Waals surface area contributed by atoms with E-state index in [2.05, 4.69) is 25.9 Å². The van der Waals surface area contributed by atoms with E-state index in [1.165, 1.54) is 6.42 Å². The van der Waals surface area contributed by atoms with Crippen molar-refractivity contribution in [1.29, 1.82) is 0 Å². The fourth-order valence-corrected chi connectivity index (χ4v) is 6.28. The van der Waals surface area contributed by atoms with Gasteiger partial charge in [-0.2, -0.15) is 10.2 Å². The molecule has 1 aliphatic carbocycles. The van der Waals surface area contributed by atoms with Gasteiger partial charge >= 0.3 is 0 Å². The molecule has 3 heterocycles. The van der Waals surface area contributed by atoms with Crippen LogP contribution in [0.15, 0.2) is 36.5 Å². The number of amides is 3. The van der Waals surface area contributed by atoms with Gasteiger partial charge in [-0.25, -0.2) is 9.67 Å². The molecule has 43 heavy (non-hydrogen) atoms. The molecule has 0 bridgehead atoms. The largest absolute Gasteiger partial charge is 0.344 e. The highest BCUT2D eigenvalue weighted by Gasteiger charge is 2.31. The van der Waals surface area contributed by atoms with Gasteiger partial charge in [0.05, 0.1) is 30.0 Å². The third-order valence-electron chi connectivity index (χ3n) is 8.60. The molecule has 2 aromatic heterocycles. The van der Waals surface area contributed by atoms with Gasteiger partial charge in [0.15, 0.2) is 0 Å². The molecule has 5 rings (SSSR count). The standard InChI is InChI=1S/C32H44N8O3/c1-21(2)28-30-34-22(3)38-40(30)18-17-39(32(43)25-20-33-37-29(25)24-13-8-5-9-14-24)16-10-15-27(41)35-26(31(42)36-28)19-23-11-6-4-7-12-23/h4,6-7,11-12,20-21,24,26,28H,5,8-10,13-19H2,1-3H3,(H,33,37)(H,35,41)(H,36,42)/t26-,28?/m0/s1. The minimum atomic E-state index is -0.752. The Balaban J connectivity index is 1.43. The lowest BCUT2D eigenvalue weighted by molar-refractivity contribution is -0.129. The van der Waals surface area contributed by atoms with Gasteiger partial charge in [0, 0.05) is 31.8 Å². The summed E-state index contributed by atoms with van der Waals surface area (Å²) >= 11 is 0. The molecule has 11 heteroatoms. The van der Waals surface area contributed by atoms with Crippen LogP contribution in [0.3, 0.4) is 0 Å². The van der Waals surface area contributed by atoms with Crippen molar-refractivity contribution in [3.8, 4) is 0 Å². The number of aromatic amines is 1. The summed E-state index contributed by atoms with van der Waals surface area (Å²) in [5, 5.41) is 18.2. The predicted octanol–water partition coefficient (Wildman–Crippen LogP) is 3.83. The molecule has 2 aliphatic rings. The van der Waals surface area contributed by atoms with E-state index in [1.54, 1.807) is 11.1 Å². The number of fused-ring (bicyclic) bond motifs is 1. The van der Waals surface area contributed by atoms with Crippen molar-refractivity contribution in [3.05, 3.63) is 65.0 Å². The van der Waals surface area contributed by atoms with E-state index in [9.17, 15) is 14.4 Å². The van der Waals surface area contributed by atoms with Crippen LogP contribution in [0, 0.1) is 12.8 Å². The first kappa shape index (κ1) is 30.4.